The largest absolute Gasteiger partial charge is 0.416 e. The minimum Gasteiger partial charge on any atom is -0.367 e. The van der Waals surface area contributed by atoms with E-state index in [1.807, 2.05) is 47.6 Å². The number of pyridine rings is 1. The van der Waals surface area contributed by atoms with Crippen LogP contribution in [0.1, 0.15) is 11.1 Å². The second-order valence-electron chi connectivity index (χ2n) is 6.80. The first kappa shape index (κ1) is 18.9. The monoisotopic (exact) mass is 397 g/mol. The highest BCUT2D eigenvalue weighted by Crippen LogP contribution is 2.33. The first-order valence-corrected chi connectivity index (χ1v) is 9.17. The molecule has 1 aromatic carbocycles. The van der Waals surface area contributed by atoms with Crippen LogP contribution in [0.4, 0.5) is 24.5 Å². The van der Waals surface area contributed by atoms with Gasteiger partial charge in [-0.2, -0.15) is 18.4 Å². The normalized spacial score (nSPS) is 14.7. The van der Waals surface area contributed by atoms with E-state index in [4.69, 9.17) is 0 Å². The highest BCUT2D eigenvalue weighted by atomic mass is 19.4. The molecule has 8 heteroatoms. The second kappa shape index (κ2) is 7.51. The molecular formula is C21H18F3N5. The molecule has 1 saturated heterocycles. The molecule has 29 heavy (non-hydrogen) atoms. The maximum Gasteiger partial charge on any atom is 0.416 e. The number of aromatic nitrogens is 2. The van der Waals surface area contributed by atoms with E-state index in [2.05, 4.69) is 14.9 Å². The number of aromatic amines is 1. The fourth-order valence-electron chi connectivity index (χ4n) is 3.51. The number of alkyl halides is 3. The smallest absolute Gasteiger partial charge is 0.367 e. The van der Waals surface area contributed by atoms with Crippen molar-refractivity contribution in [2.75, 3.05) is 36.0 Å². The van der Waals surface area contributed by atoms with Crippen LogP contribution in [0, 0.1) is 11.3 Å². The maximum atomic E-state index is 12.9. The first-order chi connectivity index (χ1) is 14.0. The Morgan fingerprint density at radius 2 is 1.76 bits per heavy atom. The molecule has 1 fully saturated rings. The van der Waals surface area contributed by atoms with Crippen molar-refractivity contribution in [3.63, 3.8) is 0 Å². The van der Waals surface area contributed by atoms with E-state index in [9.17, 15) is 18.4 Å². The Labute approximate surface area is 166 Å². The highest BCUT2D eigenvalue weighted by Gasteiger charge is 2.31. The van der Waals surface area contributed by atoms with Gasteiger partial charge in [-0.05, 0) is 42.5 Å². The van der Waals surface area contributed by atoms with Gasteiger partial charge in [-0.3, -0.25) is 4.98 Å². The Hall–Kier alpha value is -3.47. The van der Waals surface area contributed by atoms with Crippen molar-refractivity contribution in [3.05, 3.63) is 66.0 Å². The number of nitriles is 1. The van der Waals surface area contributed by atoms with Crippen LogP contribution in [-0.2, 0) is 6.18 Å². The Kier molecular flexibility index (Phi) is 4.89. The zero-order valence-corrected chi connectivity index (χ0v) is 15.4. The number of hydrogen-bond acceptors (Lipinski definition) is 4. The third kappa shape index (κ3) is 3.90. The maximum absolute atomic E-state index is 12.9. The molecule has 4 rings (SSSR count). The number of nitrogens with zero attached hydrogens (tertiary/aromatic N) is 4. The molecule has 3 heterocycles. The average Bonchev–Trinajstić information content (AvgIpc) is 3.28. The lowest BCUT2D eigenvalue weighted by atomic mass is 10.1. The molecule has 0 unspecified atom stereocenters. The Morgan fingerprint density at radius 3 is 2.34 bits per heavy atom. The van der Waals surface area contributed by atoms with Gasteiger partial charge in [-0.1, -0.05) is 0 Å². The minimum absolute atomic E-state index is 0.0465. The highest BCUT2D eigenvalue weighted by molar-refractivity contribution is 5.62. The lowest BCUT2D eigenvalue weighted by molar-refractivity contribution is -0.137. The van der Waals surface area contributed by atoms with Gasteiger partial charge < -0.3 is 14.8 Å². The number of H-pyrrole nitrogens is 1. The zero-order valence-electron chi connectivity index (χ0n) is 15.4. The van der Waals surface area contributed by atoms with Gasteiger partial charge in [0.15, 0.2) is 0 Å². The van der Waals surface area contributed by atoms with Crippen LogP contribution < -0.4 is 9.80 Å². The van der Waals surface area contributed by atoms with Gasteiger partial charge in [-0.15, -0.1) is 0 Å². The van der Waals surface area contributed by atoms with Crippen LogP contribution >= 0.6 is 0 Å². The standard InChI is InChI=1S/C21H18F3N5/c22-21(23,24)16-3-6-20(15(12-16)13-25)29-10-8-28(9-11-29)17-4-5-19(27-14-17)18-2-1-7-26-18/h1-7,12,14,26H,8-11H2. The van der Waals surface area contributed by atoms with E-state index in [0.29, 0.717) is 31.9 Å². The molecule has 1 aliphatic rings. The summed E-state index contributed by atoms with van der Waals surface area (Å²) in [5.74, 6) is 0. The van der Waals surface area contributed by atoms with Crippen LogP contribution in [-0.4, -0.2) is 36.1 Å². The molecule has 0 bridgehead atoms. The molecule has 1 N–H and O–H groups in total. The molecule has 3 aromatic rings. The van der Waals surface area contributed by atoms with Crippen molar-refractivity contribution in [2.24, 2.45) is 0 Å². The van der Waals surface area contributed by atoms with Crippen LogP contribution in [0.3, 0.4) is 0 Å². The summed E-state index contributed by atoms with van der Waals surface area (Å²) < 4.78 is 38.7. The van der Waals surface area contributed by atoms with Crippen molar-refractivity contribution >= 4 is 11.4 Å². The molecule has 0 amide bonds. The van der Waals surface area contributed by atoms with E-state index in [1.165, 1.54) is 6.07 Å². The fraction of sp³-hybridized carbons (Fsp3) is 0.238. The molecule has 0 aliphatic carbocycles. The number of halogens is 3. The van der Waals surface area contributed by atoms with Gasteiger partial charge >= 0.3 is 6.18 Å². The van der Waals surface area contributed by atoms with Gasteiger partial charge in [0.25, 0.3) is 0 Å². The van der Waals surface area contributed by atoms with E-state index >= 15 is 0 Å². The van der Waals surface area contributed by atoms with E-state index in [-0.39, 0.29) is 5.56 Å². The summed E-state index contributed by atoms with van der Waals surface area (Å²) in [6.45, 7) is 2.60. The quantitative estimate of drug-likeness (QED) is 0.716. The summed E-state index contributed by atoms with van der Waals surface area (Å²) in [5.41, 5.74) is 2.59. The van der Waals surface area contributed by atoms with Crippen molar-refractivity contribution in [1.29, 1.82) is 5.26 Å². The Balaban J connectivity index is 1.45. The van der Waals surface area contributed by atoms with E-state index in [1.54, 1.807) is 0 Å². The molecule has 1 aliphatic heterocycles. The zero-order chi connectivity index (χ0) is 20.4. The summed E-state index contributed by atoms with van der Waals surface area (Å²) in [5, 5.41) is 9.31. The van der Waals surface area contributed by atoms with Gasteiger partial charge in [0.2, 0.25) is 0 Å². The summed E-state index contributed by atoms with van der Waals surface area (Å²) in [4.78, 5) is 11.8. The van der Waals surface area contributed by atoms with Crippen LogP contribution in [0.2, 0.25) is 0 Å². The number of rotatable bonds is 3. The molecule has 0 spiro atoms. The number of anilines is 2. The molecule has 0 saturated carbocycles. The second-order valence-corrected chi connectivity index (χ2v) is 6.80. The number of nitrogens with one attached hydrogen (secondary N) is 1. The summed E-state index contributed by atoms with van der Waals surface area (Å²) in [6, 6.07) is 13.1. The van der Waals surface area contributed by atoms with Crippen molar-refractivity contribution in [2.45, 2.75) is 6.18 Å². The minimum atomic E-state index is -4.46. The average molecular weight is 397 g/mol. The molecular weight excluding hydrogens is 379 g/mol. The summed E-state index contributed by atoms with van der Waals surface area (Å²) >= 11 is 0. The van der Waals surface area contributed by atoms with Gasteiger partial charge in [0.1, 0.15) is 6.07 Å². The van der Waals surface area contributed by atoms with Crippen molar-refractivity contribution < 1.29 is 13.2 Å². The molecule has 148 valence electrons. The first-order valence-electron chi connectivity index (χ1n) is 9.17. The third-order valence-electron chi connectivity index (χ3n) is 5.05. The molecule has 2 aromatic heterocycles. The van der Waals surface area contributed by atoms with E-state index < -0.39 is 11.7 Å². The lowest BCUT2D eigenvalue weighted by Gasteiger charge is -2.37. The fourth-order valence-corrected chi connectivity index (χ4v) is 3.51. The third-order valence-corrected chi connectivity index (χ3v) is 5.05. The summed E-state index contributed by atoms with van der Waals surface area (Å²) in [6.07, 6.45) is -0.784. The predicted molar refractivity (Wildman–Crippen MR) is 105 cm³/mol. The van der Waals surface area contributed by atoms with Gasteiger partial charge in [0.05, 0.1) is 40.1 Å². The Morgan fingerprint density at radius 1 is 1.00 bits per heavy atom. The number of hydrogen-bond donors (Lipinski definition) is 1. The molecule has 0 radical (unpaired) electrons. The van der Waals surface area contributed by atoms with E-state index in [0.717, 1.165) is 29.2 Å². The number of benzene rings is 1. The molecule has 5 nitrogen and oxygen atoms in total. The van der Waals surface area contributed by atoms with Gasteiger partial charge in [0, 0.05) is 32.4 Å². The van der Waals surface area contributed by atoms with Crippen LogP contribution in [0.25, 0.3) is 11.4 Å². The Bertz CT molecular complexity index is 1010. The SMILES string of the molecule is N#Cc1cc(C(F)(F)F)ccc1N1CCN(c2ccc(-c3ccc[nH]3)nc2)CC1. The van der Waals surface area contributed by atoms with Crippen molar-refractivity contribution in [3.8, 4) is 17.5 Å². The number of piperazine rings is 1. The lowest BCUT2D eigenvalue weighted by Crippen LogP contribution is -2.46. The summed E-state index contributed by atoms with van der Waals surface area (Å²) in [7, 11) is 0. The predicted octanol–water partition coefficient (Wildman–Crippen LogP) is 4.29. The molecule has 0 atom stereocenters. The van der Waals surface area contributed by atoms with Crippen LogP contribution in [0.5, 0.6) is 0 Å². The van der Waals surface area contributed by atoms with Crippen molar-refractivity contribution in [1.82, 2.24) is 9.97 Å². The topological polar surface area (TPSA) is 59.0 Å². The van der Waals surface area contributed by atoms with Crippen LogP contribution in [0.15, 0.2) is 54.9 Å². The van der Waals surface area contributed by atoms with Gasteiger partial charge in [-0.25, -0.2) is 0 Å².